The molecule has 1 aliphatic heterocycles. The van der Waals surface area contributed by atoms with E-state index in [2.05, 4.69) is 17.9 Å². The SMILES string of the molecule is CC1CCCC(CN)N1CC(=O)N(C)Cc1cccs1. The third-order valence-electron chi connectivity index (χ3n) is 4.18. The van der Waals surface area contributed by atoms with Crippen LogP contribution >= 0.6 is 11.3 Å². The maximum Gasteiger partial charge on any atom is 0.236 e. The number of hydrogen-bond acceptors (Lipinski definition) is 4. The molecule has 5 heteroatoms. The second-order valence-corrected chi connectivity index (χ2v) is 6.70. The van der Waals surface area contributed by atoms with Gasteiger partial charge in [-0.05, 0) is 31.2 Å². The predicted octanol–water partition coefficient (Wildman–Crippen LogP) is 1.91. The van der Waals surface area contributed by atoms with Crippen molar-refractivity contribution in [1.82, 2.24) is 9.80 Å². The maximum atomic E-state index is 12.4. The van der Waals surface area contributed by atoms with E-state index in [9.17, 15) is 4.79 Å². The van der Waals surface area contributed by atoms with Crippen LogP contribution in [0.25, 0.3) is 0 Å². The predicted molar refractivity (Wildman–Crippen MR) is 83.7 cm³/mol. The van der Waals surface area contributed by atoms with Crippen molar-refractivity contribution >= 4 is 17.2 Å². The molecule has 4 nitrogen and oxygen atoms in total. The lowest BCUT2D eigenvalue weighted by Crippen LogP contribution is -2.52. The van der Waals surface area contributed by atoms with Gasteiger partial charge >= 0.3 is 0 Å². The first-order chi connectivity index (χ1) is 9.61. The summed E-state index contributed by atoms with van der Waals surface area (Å²) in [5.74, 6) is 0.186. The molecule has 2 heterocycles. The molecule has 0 radical (unpaired) electrons. The number of rotatable bonds is 5. The molecule has 1 aliphatic rings. The molecule has 0 spiro atoms. The van der Waals surface area contributed by atoms with E-state index in [-0.39, 0.29) is 5.91 Å². The largest absolute Gasteiger partial charge is 0.340 e. The number of nitrogens with zero attached hydrogens (tertiary/aromatic N) is 2. The van der Waals surface area contributed by atoms with Crippen LogP contribution in [0.4, 0.5) is 0 Å². The van der Waals surface area contributed by atoms with Gasteiger partial charge in [0.2, 0.25) is 5.91 Å². The standard InChI is InChI=1S/C15H25N3OS/c1-12-5-3-6-13(9-16)18(12)11-15(19)17(2)10-14-7-4-8-20-14/h4,7-8,12-13H,3,5-6,9-11,16H2,1-2H3. The minimum absolute atomic E-state index is 0.186. The number of amides is 1. The van der Waals surface area contributed by atoms with Gasteiger partial charge in [0.25, 0.3) is 0 Å². The summed E-state index contributed by atoms with van der Waals surface area (Å²) in [5.41, 5.74) is 5.85. The highest BCUT2D eigenvalue weighted by Gasteiger charge is 2.29. The Morgan fingerprint density at radius 1 is 1.55 bits per heavy atom. The van der Waals surface area contributed by atoms with Crippen LogP contribution in [0.5, 0.6) is 0 Å². The van der Waals surface area contributed by atoms with E-state index in [1.54, 1.807) is 11.3 Å². The fraction of sp³-hybridized carbons (Fsp3) is 0.667. The summed E-state index contributed by atoms with van der Waals surface area (Å²) in [7, 11) is 1.88. The summed E-state index contributed by atoms with van der Waals surface area (Å²) < 4.78 is 0. The first-order valence-corrected chi connectivity index (χ1v) is 8.22. The van der Waals surface area contributed by atoms with E-state index in [1.165, 1.54) is 17.7 Å². The van der Waals surface area contributed by atoms with E-state index in [4.69, 9.17) is 5.73 Å². The van der Waals surface area contributed by atoms with E-state index in [0.29, 0.717) is 31.7 Å². The van der Waals surface area contributed by atoms with Crippen molar-refractivity contribution in [2.24, 2.45) is 5.73 Å². The van der Waals surface area contributed by atoms with Crippen LogP contribution in [-0.2, 0) is 11.3 Å². The van der Waals surface area contributed by atoms with Gasteiger partial charge < -0.3 is 10.6 Å². The average molecular weight is 295 g/mol. The molecule has 1 amide bonds. The molecule has 0 bridgehead atoms. The highest BCUT2D eigenvalue weighted by atomic mass is 32.1. The summed E-state index contributed by atoms with van der Waals surface area (Å²) in [5, 5.41) is 2.05. The zero-order valence-corrected chi connectivity index (χ0v) is 13.2. The van der Waals surface area contributed by atoms with Crippen molar-refractivity contribution in [2.75, 3.05) is 20.1 Å². The number of likely N-dealkylation sites (tertiary alicyclic amines) is 1. The molecule has 1 saturated heterocycles. The molecule has 0 saturated carbocycles. The molecule has 20 heavy (non-hydrogen) atoms. The van der Waals surface area contributed by atoms with Gasteiger partial charge in [-0.3, -0.25) is 9.69 Å². The van der Waals surface area contributed by atoms with Crippen molar-refractivity contribution in [3.8, 4) is 0 Å². The Hall–Kier alpha value is -0.910. The van der Waals surface area contributed by atoms with Crippen LogP contribution < -0.4 is 5.73 Å². The lowest BCUT2D eigenvalue weighted by atomic mass is 9.96. The number of likely N-dealkylation sites (N-methyl/N-ethyl adjacent to an activating group) is 1. The molecular formula is C15H25N3OS. The van der Waals surface area contributed by atoms with Crippen molar-refractivity contribution in [2.45, 2.75) is 44.8 Å². The van der Waals surface area contributed by atoms with Crippen molar-refractivity contribution < 1.29 is 4.79 Å². The molecule has 112 valence electrons. The summed E-state index contributed by atoms with van der Waals surface area (Å²) in [6.07, 6.45) is 3.50. The molecule has 0 aromatic carbocycles. The van der Waals surface area contributed by atoms with Gasteiger partial charge in [-0.2, -0.15) is 0 Å². The number of nitrogens with two attached hydrogens (primary N) is 1. The first kappa shape index (κ1) is 15.5. The normalized spacial score (nSPS) is 23.8. The second kappa shape index (κ2) is 7.20. The third kappa shape index (κ3) is 3.81. The van der Waals surface area contributed by atoms with Crippen LogP contribution in [0, 0.1) is 0 Å². The number of piperidine rings is 1. The number of carbonyl (C=O) groups excluding carboxylic acids is 1. The Labute approximate surface area is 125 Å². The van der Waals surface area contributed by atoms with E-state index in [1.807, 2.05) is 23.4 Å². The summed E-state index contributed by atoms with van der Waals surface area (Å²) in [6, 6.07) is 4.91. The fourth-order valence-corrected chi connectivity index (χ4v) is 3.64. The molecule has 1 aromatic heterocycles. The zero-order valence-electron chi connectivity index (χ0n) is 12.4. The Balaban J connectivity index is 1.91. The second-order valence-electron chi connectivity index (χ2n) is 5.67. The van der Waals surface area contributed by atoms with Crippen molar-refractivity contribution in [1.29, 1.82) is 0 Å². The van der Waals surface area contributed by atoms with Gasteiger partial charge in [0.15, 0.2) is 0 Å². The quantitative estimate of drug-likeness (QED) is 0.903. The highest BCUT2D eigenvalue weighted by Crippen LogP contribution is 2.22. The van der Waals surface area contributed by atoms with Crippen LogP contribution in [0.3, 0.4) is 0 Å². The monoisotopic (exact) mass is 295 g/mol. The molecule has 1 fully saturated rings. The molecule has 0 aliphatic carbocycles. The Kier molecular flexibility index (Phi) is 5.57. The topological polar surface area (TPSA) is 49.6 Å². The Morgan fingerprint density at radius 2 is 2.35 bits per heavy atom. The zero-order chi connectivity index (χ0) is 14.5. The van der Waals surface area contributed by atoms with Gasteiger partial charge in [0.1, 0.15) is 0 Å². The highest BCUT2D eigenvalue weighted by molar-refractivity contribution is 7.09. The summed E-state index contributed by atoms with van der Waals surface area (Å²) >= 11 is 1.69. The number of carbonyl (C=O) groups is 1. The molecule has 2 N–H and O–H groups in total. The lowest BCUT2D eigenvalue weighted by Gasteiger charge is -2.40. The minimum atomic E-state index is 0.186. The van der Waals surface area contributed by atoms with Crippen molar-refractivity contribution in [3.63, 3.8) is 0 Å². The Morgan fingerprint density at radius 3 is 3.00 bits per heavy atom. The first-order valence-electron chi connectivity index (χ1n) is 7.34. The van der Waals surface area contributed by atoms with Gasteiger partial charge in [-0.1, -0.05) is 12.5 Å². The number of thiophene rings is 1. The fourth-order valence-electron chi connectivity index (χ4n) is 2.88. The smallest absolute Gasteiger partial charge is 0.236 e. The van der Waals surface area contributed by atoms with E-state index in [0.717, 1.165) is 6.42 Å². The lowest BCUT2D eigenvalue weighted by molar-refractivity contribution is -0.133. The van der Waals surface area contributed by atoms with Crippen LogP contribution in [0.1, 0.15) is 31.1 Å². The average Bonchev–Trinajstić information content (AvgIpc) is 2.93. The van der Waals surface area contributed by atoms with Crippen molar-refractivity contribution in [3.05, 3.63) is 22.4 Å². The maximum absolute atomic E-state index is 12.4. The van der Waals surface area contributed by atoms with Crippen LogP contribution in [-0.4, -0.2) is 47.9 Å². The Bertz CT molecular complexity index is 421. The molecule has 2 unspecified atom stereocenters. The van der Waals surface area contributed by atoms with Crippen LogP contribution in [0.15, 0.2) is 17.5 Å². The molecule has 2 rings (SSSR count). The van der Waals surface area contributed by atoms with Gasteiger partial charge in [-0.15, -0.1) is 11.3 Å². The van der Waals surface area contributed by atoms with E-state index < -0.39 is 0 Å². The molecule has 1 aromatic rings. The molecular weight excluding hydrogens is 270 g/mol. The number of hydrogen-bond donors (Lipinski definition) is 1. The summed E-state index contributed by atoms with van der Waals surface area (Å²) in [4.78, 5) is 17.7. The van der Waals surface area contributed by atoms with E-state index >= 15 is 0 Å². The summed E-state index contributed by atoms with van der Waals surface area (Å²) in [6.45, 7) is 4.04. The van der Waals surface area contributed by atoms with Crippen LogP contribution in [0.2, 0.25) is 0 Å². The minimum Gasteiger partial charge on any atom is -0.340 e. The van der Waals surface area contributed by atoms with Gasteiger partial charge in [0.05, 0.1) is 13.1 Å². The van der Waals surface area contributed by atoms with Gasteiger partial charge in [-0.25, -0.2) is 0 Å². The molecule has 2 atom stereocenters. The third-order valence-corrected chi connectivity index (χ3v) is 5.04. The van der Waals surface area contributed by atoms with Gasteiger partial charge in [0, 0.05) is 30.6 Å².